The van der Waals surface area contributed by atoms with Gasteiger partial charge in [0.15, 0.2) is 11.6 Å². The van der Waals surface area contributed by atoms with Crippen LogP contribution in [0.2, 0.25) is 0 Å². The van der Waals surface area contributed by atoms with Crippen molar-refractivity contribution in [2.45, 2.75) is 0 Å². The molecule has 0 atom stereocenters. The van der Waals surface area contributed by atoms with E-state index in [9.17, 15) is 8.78 Å². The van der Waals surface area contributed by atoms with E-state index in [-0.39, 0.29) is 11.3 Å². The molecule has 90 valence electrons. The third-order valence-corrected chi connectivity index (χ3v) is 2.39. The Kier molecular flexibility index (Phi) is 3.11. The Balaban J connectivity index is 2.41. The van der Waals surface area contributed by atoms with Crippen molar-refractivity contribution < 1.29 is 8.78 Å². The number of hydrogen-bond donors (Lipinski definition) is 2. The maximum atomic E-state index is 13.5. The molecule has 0 fully saturated rings. The summed E-state index contributed by atoms with van der Waals surface area (Å²) in [6.07, 6.45) is 0. The lowest BCUT2D eigenvalue weighted by Crippen LogP contribution is -1.99. The van der Waals surface area contributed by atoms with Crippen LogP contribution >= 0.6 is 0 Å². The Morgan fingerprint density at radius 2 is 1.89 bits per heavy atom. The summed E-state index contributed by atoms with van der Waals surface area (Å²) < 4.78 is 26.5. The fourth-order valence-corrected chi connectivity index (χ4v) is 1.51. The fourth-order valence-electron chi connectivity index (χ4n) is 1.51. The summed E-state index contributed by atoms with van der Waals surface area (Å²) in [6.45, 7) is 0. The zero-order chi connectivity index (χ0) is 13.1. The highest BCUT2D eigenvalue weighted by molar-refractivity contribution is 5.69. The van der Waals surface area contributed by atoms with Gasteiger partial charge in [0.05, 0.1) is 16.9 Å². The summed E-state index contributed by atoms with van der Waals surface area (Å²) in [4.78, 5) is 0. The van der Waals surface area contributed by atoms with E-state index in [0.29, 0.717) is 11.4 Å². The first kappa shape index (κ1) is 11.9. The number of hydrogen-bond acceptors (Lipinski definition) is 3. The molecule has 0 aliphatic heterocycles. The van der Waals surface area contributed by atoms with Crippen LogP contribution in [0.3, 0.4) is 0 Å². The van der Waals surface area contributed by atoms with Crippen molar-refractivity contribution in [2.75, 3.05) is 11.1 Å². The van der Waals surface area contributed by atoms with Crippen LogP contribution in [-0.2, 0) is 0 Å². The van der Waals surface area contributed by atoms with Gasteiger partial charge in [-0.25, -0.2) is 8.78 Å². The van der Waals surface area contributed by atoms with Gasteiger partial charge >= 0.3 is 0 Å². The first-order valence-electron chi connectivity index (χ1n) is 5.12. The molecule has 0 unspecified atom stereocenters. The van der Waals surface area contributed by atoms with Gasteiger partial charge in [-0.3, -0.25) is 0 Å². The molecule has 0 aliphatic rings. The molecule has 0 aromatic heterocycles. The molecule has 0 amide bonds. The normalized spacial score (nSPS) is 9.83. The molecule has 0 spiro atoms. The number of nitrogens with zero attached hydrogens (tertiary/aromatic N) is 1. The Morgan fingerprint density at radius 1 is 1.11 bits per heavy atom. The van der Waals surface area contributed by atoms with Crippen molar-refractivity contribution in [1.29, 1.82) is 5.26 Å². The van der Waals surface area contributed by atoms with Gasteiger partial charge in [-0.1, -0.05) is 6.07 Å². The van der Waals surface area contributed by atoms with E-state index >= 15 is 0 Å². The maximum absolute atomic E-state index is 13.5. The molecule has 0 radical (unpaired) electrons. The van der Waals surface area contributed by atoms with Crippen molar-refractivity contribution in [3.05, 3.63) is 53.6 Å². The minimum absolute atomic E-state index is 0.0312. The smallest absolute Gasteiger partial charge is 0.182 e. The van der Waals surface area contributed by atoms with E-state index in [2.05, 4.69) is 5.32 Å². The van der Waals surface area contributed by atoms with Gasteiger partial charge in [0, 0.05) is 5.69 Å². The van der Waals surface area contributed by atoms with Crippen LogP contribution in [0.1, 0.15) is 5.56 Å². The summed E-state index contributed by atoms with van der Waals surface area (Å²) in [5.74, 6) is -1.94. The topological polar surface area (TPSA) is 61.8 Å². The van der Waals surface area contributed by atoms with Crippen molar-refractivity contribution >= 4 is 17.1 Å². The van der Waals surface area contributed by atoms with Gasteiger partial charge in [0.2, 0.25) is 0 Å². The molecule has 0 aliphatic carbocycles. The van der Waals surface area contributed by atoms with Crippen LogP contribution in [0.4, 0.5) is 25.8 Å². The van der Waals surface area contributed by atoms with Gasteiger partial charge in [0.1, 0.15) is 6.07 Å². The van der Waals surface area contributed by atoms with E-state index in [1.807, 2.05) is 6.07 Å². The third-order valence-electron chi connectivity index (χ3n) is 2.39. The summed E-state index contributed by atoms with van der Waals surface area (Å²) in [6, 6.07) is 10.3. The maximum Gasteiger partial charge on any atom is 0.182 e. The molecule has 2 aromatic rings. The van der Waals surface area contributed by atoms with Crippen molar-refractivity contribution in [3.8, 4) is 6.07 Å². The Bertz CT molecular complexity index is 633. The van der Waals surface area contributed by atoms with E-state index in [1.165, 1.54) is 24.3 Å². The van der Waals surface area contributed by atoms with Crippen LogP contribution < -0.4 is 11.1 Å². The summed E-state index contributed by atoms with van der Waals surface area (Å²) in [5.41, 5.74) is 6.57. The average Bonchev–Trinajstić information content (AvgIpc) is 2.37. The predicted molar refractivity (Wildman–Crippen MR) is 65.2 cm³/mol. The lowest BCUT2D eigenvalue weighted by atomic mass is 10.1. The summed E-state index contributed by atoms with van der Waals surface area (Å²) in [5, 5.41) is 11.6. The Hall–Kier alpha value is -2.61. The molecule has 3 N–H and O–H groups in total. The lowest BCUT2D eigenvalue weighted by Gasteiger charge is -2.09. The van der Waals surface area contributed by atoms with Crippen LogP contribution in [-0.4, -0.2) is 0 Å². The van der Waals surface area contributed by atoms with Crippen LogP contribution in [0.15, 0.2) is 36.4 Å². The van der Waals surface area contributed by atoms with Crippen molar-refractivity contribution in [2.24, 2.45) is 0 Å². The Morgan fingerprint density at radius 3 is 2.61 bits per heavy atom. The van der Waals surface area contributed by atoms with Gasteiger partial charge in [0.25, 0.3) is 0 Å². The molecule has 0 bridgehead atoms. The SMILES string of the molecule is N#Cc1cc(N)ccc1Nc1cccc(F)c1F. The molecule has 2 rings (SSSR count). The number of halogens is 2. The molecule has 0 heterocycles. The summed E-state index contributed by atoms with van der Waals surface area (Å²) in [7, 11) is 0. The van der Waals surface area contributed by atoms with E-state index < -0.39 is 11.6 Å². The quantitative estimate of drug-likeness (QED) is 0.799. The van der Waals surface area contributed by atoms with Crippen LogP contribution in [0.5, 0.6) is 0 Å². The Labute approximate surface area is 102 Å². The van der Waals surface area contributed by atoms with Gasteiger partial charge in [-0.2, -0.15) is 5.26 Å². The van der Waals surface area contributed by atoms with Gasteiger partial charge < -0.3 is 11.1 Å². The monoisotopic (exact) mass is 245 g/mol. The minimum atomic E-state index is -0.988. The number of nitrogens with one attached hydrogen (secondary N) is 1. The molecular formula is C13H9F2N3. The second-order valence-corrected chi connectivity index (χ2v) is 3.64. The third kappa shape index (κ3) is 2.23. The highest BCUT2D eigenvalue weighted by Crippen LogP contribution is 2.25. The number of benzene rings is 2. The minimum Gasteiger partial charge on any atom is -0.399 e. The second kappa shape index (κ2) is 4.72. The second-order valence-electron chi connectivity index (χ2n) is 3.64. The molecule has 0 saturated heterocycles. The molecule has 0 saturated carbocycles. The van der Waals surface area contributed by atoms with Gasteiger partial charge in [-0.05, 0) is 30.3 Å². The first-order valence-corrected chi connectivity index (χ1v) is 5.12. The number of anilines is 3. The zero-order valence-electron chi connectivity index (χ0n) is 9.24. The zero-order valence-corrected chi connectivity index (χ0v) is 9.24. The number of rotatable bonds is 2. The molecule has 2 aromatic carbocycles. The van der Waals surface area contributed by atoms with Crippen molar-refractivity contribution in [1.82, 2.24) is 0 Å². The van der Waals surface area contributed by atoms with E-state index in [0.717, 1.165) is 6.07 Å². The molecule has 5 heteroatoms. The number of nitrogens with two attached hydrogens (primary N) is 1. The van der Waals surface area contributed by atoms with E-state index in [1.54, 1.807) is 6.07 Å². The van der Waals surface area contributed by atoms with Gasteiger partial charge in [-0.15, -0.1) is 0 Å². The van der Waals surface area contributed by atoms with E-state index in [4.69, 9.17) is 11.0 Å². The standard InChI is InChI=1S/C13H9F2N3/c14-10-2-1-3-12(13(10)15)18-11-5-4-9(17)6-8(11)7-16/h1-6,18H,17H2. The van der Waals surface area contributed by atoms with Crippen LogP contribution in [0, 0.1) is 23.0 Å². The molecule has 18 heavy (non-hydrogen) atoms. The number of nitriles is 1. The van der Waals surface area contributed by atoms with Crippen molar-refractivity contribution in [3.63, 3.8) is 0 Å². The van der Waals surface area contributed by atoms with Crippen LogP contribution in [0.25, 0.3) is 0 Å². The molecular weight excluding hydrogens is 236 g/mol. The largest absolute Gasteiger partial charge is 0.399 e. The molecule has 3 nitrogen and oxygen atoms in total. The average molecular weight is 245 g/mol. The summed E-state index contributed by atoms with van der Waals surface area (Å²) >= 11 is 0. The highest BCUT2D eigenvalue weighted by Gasteiger charge is 2.09. The fraction of sp³-hybridized carbons (Fsp3) is 0. The lowest BCUT2D eigenvalue weighted by molar-refractivity contribution is 0.512. The predicted octanol–water partition coefficient (Wildman–Crippen LogP) is 3.16. The highest BCUT2D eigenvalue weighted by atomic mass is 19.2. The number of nitrogen functional groups attached to an aromatic ring is 1. The first-order chi connectivity index (χ1) is 8.61.